The number of hydrogen-bond acceptors (Lipinski definition) is 4. The van der Waals surface area contributed by atoms with E-state index in [1.807, 2.05) is 0 Å². The van der Waals surface area contributed by atoms with Gasteiger partial charge in [-0.05, 0) is 20.3 Å². The molecule has 0 spiro atoms. The minimum absolute atomic E-state index is 0.492. The Kier molecular flexibility index (Phi) is 7.80. The lowest BCUT2D eigenvalue weighted by atomic mass is 10.2. The predicted molar refractivity (Wildman–Crippen MR) is 81.0 cm³/mol. The molecule has 1 rings (SSSR count). The third-order valence-corrected chi connectivity index (χ3v) is 3.31. The maximum absolute atomic E-state index is 5.47. The van der Waals surface area contributed by atoms with Crippen molar-refractivity contribution < 1.29 is 9.47 Å². The Bertz CT molecular complexity index is 389. The highest BCUT2D eigenvalue weighted by atomic mass is 16.5. The minimum atomic E-state index is 0.492. The SMILES string of the molecule is COCCOCCCn1nc(C)c(CNC(C)C)c1C. The predicted octanol–water partition coefficient (Wildman–Crippen LogP) is 2.05. The standard InChI is InChI=1S/C15H29N3O2/c1-12(2)16-11-15-13(3)17-18(14(15)4)7-6-8-20-10-9-19-5/h12,16H,6-11H2,1-5H3. The van der Waals surface area contributed by atoms with Crippen molar-refractivity contribution in [3.05, 3.63) is 17.0 Å². The van der Waals surface area contributed by atoms with Crippen LogP contribution < -0.4 is 5.32 Å². The summed E-state index contributed by atoms with van der Waals surface area (Å²) < 4.78 is 12.5. The fourth-order valence-corrected chi connectivity index (χ4v) is 2.07. The summed E-state index contributed by atoms with van der Waals surface area (Å²) in [6.45, 7) is 12.4. The molecule has 0 saturated carbocycles. The largest absolute Gasteiger partial charge is 0.382 e. The molecule has 0 fully saturated rings. The van der Waals surface area contributed by atoms with Gasteiger partial charge >= 0.3 is 0 Å². The lowest BCUT2D eigenvalue weighted by Crippen LogP contribution is -2.22. The van der Waals surface area contributed by atoms with Crippen molar-refractivity contribution in [1.82, 2.24) is 15.1 Å². The number of nitrogens with zero attached hydrogens (tertiary/aromatic N) is 2. The molecule has 0 bridgehead atoms. The van der Waals surface area contributed by atoms with Gasteiger partial charge in [0.25, 0.3) is 0 Å². The van der Waals surface area contributed by atoms with Gasteiger partial charge in [-0.1, -0.05) is 13.8 Å². The van der Waals surface area contributed by atoms with E-state index in [4.69, 9.17) is 9.47 Å². The van der Waals surface area contributed by atoms with Crippen molar-refractivity contribution >= 4 is 0 Å². The normalized spacial score (nSPS) is 11.5. The molecular weight excluding hydrogens is 254 g/mol. The molecule has 0 aromatic carbocycles. The molecule has 0 amide bonds. The maximum Gasteiger partial charge on any atom is 0.0700 e. The van der Waals surface area contributed by atoms with E-state index in [-0.39, 0.29) is 0 Å². The van der Waals surface area contributed by atoms with E-state index in [2.05, 4.69) is 42.8 Å². The first-order valence-electron chi connectivity index (χ1n) is 7.39. The Labute approximate surface area is 122 Å². The van der Waals surface area contributed by atoms with Crippen molar-refractivity contribution in [2.45, 2.75) is 53.2 Å². The molecule has 1 heterocycles. The van der Waals surface area contributed by atoms with Crippen LogP contribution in [0.1, 0.15) is 37.2 Å². The molecule has 0 radical (unpaired) electrons. The third-order valence-electron chi connectivity index (χ3n) is 3.31. The molecule has 5 nitrogen and oxygen atoms in total. The van der Waals surface area contributed by atoms with Crippen LogP contribution in [0.2, 0.25) is 0 Å². The van der Waals surface area contributed by atoms with Crippen LogP contribution in [0.3, 0.4) is 0 Å². The summed E-state index contributed by atoms with van der Waals surface area (Å²) in [7, 11) is 1.69. The second kappa shape index (κ2) is 9.10. The van der Waals surface area contributed by atoms with Gasteiger partial charge in [-0.15, -0.1) is 0 Å². The van der Waals surface area contributed by atoms with Crippen molar-refractivity contribution in [1.29, 1.82) is 0 Å². The van der Waals surface area contributed by atoms with Crippen LogP contribution >= 0.6 is 0 Å². The fraction of sp³-hybridized carbons (Fsp3) is 0.800. The molecule has 1 aromatic rings. The minimum Gasteiger partial charge on any atom is -0.382 e. The van der Waals surface area contributed by atoms with Crippen LogP contribution in [0.25, 0.3) is 0 Å². The molecule has 0 atom stereocenters. The highest BCUT2D eigenvalue weighted by molar-refractivity contribution is 5.24. The number of ether oxygens (including phenoxy) is 2. The zero-order valence-electron chi connectivity index (χ0n) is 13.5. The zero-order valence-corrected chi connectivity index (χ0v) is 13.5. The summed E-state index contributed by atoms with van der Waals surface area (Å²) in [5.41, 5.74) is 3.70. The van der Waals surface area contributed by atoms with Crippen LogP contribution in [0.5, 0.6) is 0 Å². The molecular formula is C15H29N3O2. The van der Waals surface area contributed by atoms with Crippen molar-refractivity contribution in [3.63, 3.8) is 0 Å². The van der Waals surface area contributed by atoms with Crippen LogP contribution in [-0.2, 0) is 22.6 Å². The average molecular weight is 283 g/mol. The molecule has 0 unspecified atom stereocenters. The number of rotatable bonds is 10. The number of methoxy groups -OCH3 is 1. The second-order valence-corrected chi connectivity index (χ2v) is 5.37. The summed E-state index contributed by atoms with van der Waals surface area (Å²) >= 11 is 0. The van der Waals surface area contributed by atoms with Crippen molar-refractivity contribution in [2.75, 3.05) is 26.9 Å². The topological polar surface area (TPSA) is 48.3 Å². The van der Waals surface area contributed by atoms with Gasteiger partial charge < -0.3 is 14.8 Å². The third kappa shape index (κ3) is 5.61. The van der Waals surface area contributed by atoms with Crippen LogP contribution in [0.4, 0.5) is 0 Å². The summed E-state index contributed by atoms with van der Waals surface area (Å²) in [5, 5.41) is 8.07. The highest BCUT2D eigenvalue weighted by Crippen LogP contribution is 2.13. The van der Waals surface area contributed by atoms with Gasteiger partial charge in [-0.2, -0.15) is 5.10 Å². The average Bonchev–Trinajstić information content (AvgIpc) is 2.66. The molecule has 0 aliphatic rings. The molecule has 0 aliphatic heterocycles. The molecule has 116 valence electrons. The monoisotopic (exact) mass is 283 g/mol. The number of aryl methyl sites for hydroxylation is 2. The summed E-state index contributed by atoms with van der Waals surface area (Å²) in [6, 6.07) is 0.492. The quantitative estimate of drug-likeness (QED) is 0.668. The van der Waals surface area contributed by atoms with E-state index < -0.39 is 0 Å². The van der Waals surface area contributed by atoms with Crippen molar-refractivity contribution in [3.8, 4) is 0 Å². The molecule has 5 heteroatoms. The van der Waals surface area contributed by atoms with Gasteiger partial charge in [0, 0.05) is 44.1 Å². The molecule has 0 saturated heterocycles. The first kappa shape index (κ1) is 17.1. The summed E-state index contributed by atoms with van der Waals surface area (Å²) in [6.07, 6.45) is 0.975. The molecule has 0 aliphatic carbocycles. The van der Waals surface area contributed by atoms with E-state index in [0.29, 0.717) is 19.3 Å². The van der Waals surface area contributed by atoms with E-state index >= 15 is 0 Å². The smallest absolute Gasteiger partial charge is 0.0700 e. The number of aromatic nitrogens is 2. The lowest BCUT2D eigenvalue weighted by Gasteiger charge is -2.09. The Morgan fingerprint density at radius 3 is 2.60 bits per heavy atom. The summed E-state index contributed by atoms with van der Waals surface area (Å²) in [5.74, 6) is 0. The van der Waals surface area contributed by atoms with Gasteiger partial charge in [-0.3, -0.25) is 4.68 Å². The van der Waals surface area contributed by atoms with Crippen LogP contribution in [0.15, 0.2) is 0 Å². The molecule has 1 N–H and O–H groups in total. The van der Waals surface area contributed by atoms with Gasteiger partial charge in [-0.25, -0.2) is 0 Å². The van der Waals surface area contributed by atoms with E-state index in [9.17, 15) is 0 Å². The number of nitrogens with one attached hydrogen (secondary N) is 1. The molecule has 1 aromatic heterocycles. The lowest BCUT2D eigenvalue weighted by molar-refractivity contribution is 0.0676. The Hall–Kier alpha value is -0.910. The van der Waals surface area contributed by atoms with E-state index in [1.54, 1.807) is 7.11 Å². The van der Waals surface area contributed by atoms with Crippen LogP contribution in [-0.4, -0.2) is 42.8 Å². The molecule has 20 heavy (non-hydrogen) atoms. The second-order valence-electron chi connectivity index (χ2n) is 5.37. The van der Waals surface area contributed by atoms with Gasteiger partial charge in [0.2, 0.25) is 0 Å². The zero-order chi connectivity index (χ0) is 15.0. The van der Waals surface area contributed by atoms with E-state index in [1.165, 1.54) is 11.3 Å². The Morgan fingerprint density at radius 2 is 1.95 bits per heavy atom. The van der Waals surface area contributed by atoms with Gasteiger partial charge in [0.05, 0.1) is 18.9 Å². The maximum atomic E-state index is 5.47. The first-order valence-corrected chi connectivity index (χ1v) is 7.39. The highest BCUT2D eigenvalue weighted by Gasteiger charge is 2.11. The Morgan fingerprint density at radius 1 is 1.20 bits per heavy atom. The number of hydrogen-bond donors (Lipinski definition) is 1. The van der Waals surface area contributed by atoms with Gasteiger partial charge in [0.15, 0.2) is 0 Å². The van der Waals surface area contributed by atoms with Crippen molar-refractivity contribution in [2.24, 2.45) is 0 Å². The van der Waals surface area contributed by atoms with Gasteiger partial charge in [0.1, 0.15) is 0 Å². The summed E-state index contributed by atoms with van der Waals surface area (Å²) in [4.78, 5) is 0. The fourth-order valence-electron chi connectivity index (χ4n) is 2.07. The first-order chi connectivity index (χ1) is 9.56. The van der Waals surface area contributed by atoms with E-state index in [0.717, 1.165) is 31.8 Å². The van der Waals surface area contributed by atoms with Crippen LogP contribution in [0, 0.1) is 13.8 Å². The Balaban J connectivity index is 2.40.